The number of aliphatic carboxylic acids is 1. The minimum Gasteiger partial charge on any atom is -0.544 e. The molecule has 0 aliphatic carbocycles. The quantitative estimate of drug-likeness (QED) is 0.0260. The number of likely N-dealkylation sites (N-methyl/N-ethyl adjacent to an activating group) is 1. The van der Waals surface area contributed by atoms with Gasteiger partial charge in [0.15, 0.2) is 6.10 Å². The lowest BCUT2D eigenvalue weighted by Gasteiger charge is -2.34. The first kappa shape index (κ1) is 58.1. The van der Waals surface area contributed by atoms with Crippen molar-refractivity contribution < 1.29 is 38.2 Å². The molecule has 0 saturated carbocycles. The van der Waals surface area contributed by atoms with E-state index in [0.717, 1.165) is 44.9 Å². The maximum absolute atomic E-state index is 12.8. The van der Waals surface area contributed by atoms with E-state index in [0.29, 0.717) is 12.8 Å². The molecule has 0 radical (unpaired) electrons. The van der Waals surface area contributed by atoms with Gasteiger partial charge in [-0.05, 0) is 38.5 Å². The molecule has 0 rings (SSSR count). The van der Waals surface area contributed by atoms with Crippen LogP contribution in [0.15, 0.2) is 12.2 Å². The zero-order valence-electron chi connectivity index (χ0n) is 40.4. The second-order valence-corrected chi connectivity index (χ2v) is 18.8. The van der Waals surface area contributed by atoms with Crippen molar-refractivity contribution in [3.63, 3.8) is 0 Å². The lowest BCUT2D eigenvalue weighted by Crippen LogP contribution is -2.55. The Morgan fingerprint density at radius 1 is 0.483 bits per heavy atom. The number of hydrogen-bond donors (Lipinski definition) is 0. The molecule has 2 unspecified atom stereocenters. The summed E-state index contributed by atoms with van der Waals surface area (Å²) in [6.07, 6.45) is 48.1. The fourth-order valence-electron chi connectivity index (χ4n) is 7.89. The van der Waals surface area contributed by atoms with Crippen molar-refractivity contribution >= 4 is 17.9 Å². The van der Waals surface area contributed by atoms with E-state index < -0.39 is 18.1 Å². The van der Waals surface area contributed by atoms with Crippen molar-refractivity contribution in [3.8, 4) is 0 Å². The Morgan fingerprint density at radius 3 is 1.20 bits per heavy atom. The lowest BCUT2D eigenvalue weighted by atomic mass is 10.0. The second-order valence-electron chi connectivity index (χ2n) is 18.8. The third-order valence-corrected chi connectivity index (χ3v) is 11.9. The van der Waals surface area contributed by atoms with Gasteiger partial charge in [-0.15, -0.1) is 0 Å². The lowest BCUT2D eigenvalue weighted by molar-refractivity contribution is -0.889. The van der Waals surface area contributed by atoms with Crippen molar-refractivity contribution in [1.29, 1.82) is 0 Å². The highest BCUT2D eigenvalue weighted by atomic mass is 16.6. The first-order chi connectivity index (χ1) is 29.1. The molecule has 0 aromatic heterocycles. The highest BCUT2D eigenvalue weighted by molar-refractivity contribution is 5.70. The molecule has 2 atom stereocenters. The topological polar surface area (TPSA) is 102 Å². The van der Waals surface area contributed by atoms with E-state index in [9.17, 15) is 19.5 Å². The molecule has 0 N–H and O–H groups in total. The minimum absolute atomic E-state index is 0.0443. The summed E-state index contributed by atoms with van der Waals surface area (Å²) >= 11 is 0. The summed E-state index contributed by atoms with van der Waals surface area (Å²) in [6.45, 7) is 4.70. The third-order valence-electron chi connectivity index (χ3n) is 11.9. The number of esters is 2. The normalized spacial score (nSPS) is 12.9. The molecular weight excluding hydrogens is 751 g/mol. The Kier molecular flexibility index (Phi) is 42.3. The molecule has 0 aliphatic heterocycles. The number of allylic oxidation sites excluding steroid dienone is 2. The van der Waals surface area contributed by atoms with Gasteiger partial charge in [0.25, 0.3) is 0 Å². The highest BCUT2D eigenvalue weighted by Crippen LogP contribution is 2.16. The number of carboxylic acids is 1. The predicted molar refractivity (Wildman–Crippen MR) is 250 cm³/mol. The van der Waals surface area contributed by atoms with Gasteiger partial charge in [0.05, 0.1) is 40.3 Å². The number of ether oxygens (including phenoxy) is 3. The van der Waals surface area contributed by atoms with Crippen molar-refractivity contribution in [2.75, 3.05) is 41.0 Å². The summed E-state index contributed by atoms with van der Waals surface area (Å²) in [6, 6.07) is -0.723. The molecule has 0 aromatic carbocycles. The average molecular weight is 850 g/mol. The number of carbonyl (C=O) groups is 3. The molecule has 0 bridgehead atoms. The van der Waals surface area contributed by atoms with Crippen LogP contribution in [-0.2, 0) is 28.6 Å². The van der Waals surface area contributed by atoms with Gasteiger partial charge in [0, 0.05) is 19.3 Å². The van der Waals surface area contributed by atoms with Crippen molar-refractivity contribution in [2.45, 2.75) is 264 Å². The maximum Gasteiger partial charge on any atom is 0.306 e. The number of nitrogens with zero attached hydrogens (tertiary/aromatic N) is 1. The van der Waals surface area contributed by atoms with E-state index in [2.05, 4.69) is 26.0 Å². The van der Waals surface area contributed by atoms with Crippen LogP contribution in [0.4, 0.5) is 0 Å². The molecular formula is C52H99NO7. The summed E-state index contributed by atoms with van der Waals surface area (Å²) in [5.41, 5.74) is 0. The molecule has 60 heavy (non-hydrogen) atoms. The van der Waals surface area contributed by atoms with E-state index in [4.69, 9.17) is 14.2 Å². The number of rotatable bonds is 47. The largest absolute Gasteiger partial charge is 0.544 e. The van der Waals surface area contributed by atoms with Gasteiger partial charge in [-0.2, -0.15) is 0 Å². The van der Waals surface area contributed by atoms with Crippen molar-refractivity contribution in [3.05, 3.63) is 12.2 Å². The maximum atomic E-state index is 12.8. The van der Waals surface area contributed by atoms with Crippen LogP contribution in [0.2, 0.25) is 0 Å². The first-order valence-electron chi connectivity index (χ1n) is 25.7. The van der Waals surface area contributed by atoms with Crippen LogP contribution in [0.25, 0.3) is 0 Å². The molecule has 354 valence electrons. The fourth-order valence-corrected chi connectivity index (χ4v) is 7.89. The molecule has 0 heterocycles. The predicted octanol–water partition coefficient (Wildman–Crippen LogP) is 13.3. The Bertz CT molecular complexity index is 993. The molecule has 0 aliphatic rings. The zero-order chi connectivity index (χ0) is 44.2. The van der Waals surface area contributed by atoms with Crippen LogP contribution in [0.1, 0.15) is 251 Å². The monoisotopic (exact) mass is 850 g/mol. The number of carboxylic acid groups (broad SMARTS) is 1. The van der Waals surface area contributed by atoms with Gasteiger partial charge >= 0.3 is 11.9 Å². The Balaban J connectivity index is 4.23. The molecule has 8 nitrogen and oxygen atoms in total. The van der Waals surface area contributed by atoms with Crippen LogP contribution >= 0.6 is 0 Å². The standard InChI is InChI=1S/C52H99NO7/c1-6-8-10-12-14-16-18-20-22-24-26-28-30-32-34-36-38-40-42-50(54)59-47-48(46-58-45-44-49(52(56)57)53(3,4)5)60-51(55)43-41-39-37-35-33-31-29-27-25-23-21-19-17-15-13-11-9-7-2/h26,28,48-49H,6-25,27,29-47H2,1-5H3/b28-26+. The van der Waals surface area contributed by atoms with E-state index >= 15 is 0 Å². The Hall–Kier alpha value is -1.93. The summed E-state index contributed by atoms with van der Waals surface area (Å²) in [5.74, 6) is -1.72. The summed E-state index contributed by atoms with van der Waals surface area (Å²) in [5, 5.41) is 11.7. The number of unbranched alkanes of at least 4 members (excludes halogenated alkanes) is 31. The zero-order valence-corrected chi connectivity index (χ0v) is 40.4. The molecule has 0 spiro atoms. The summed E-state index contributed by atoms with van der Waals surface area (Å²) in [4.78, 5) is 37.0. The van der Waals surface area contributed by atoms with E-state index in [1.54, 1.807) is 0 Å². The van der Waals surface area contributed by atoms with Gasteiger partial charge in [-0.1, -0.05) is 206 Å². The first-order valence-corrected chi connectivity index (χ1v) is 25.7. The Labute approximate surface area is 371 Å². The smallest absolute Gasteiger partial charge is 0.306 e. The van der Waals surface area contributed by atoms with Gasteiger partial charge < -0.3 is 28.6 Å². The van der Waals surface area contributed by atoms with Crippen molar-refractivity contribution in [2.24, 2.45) is 0 Å². The molecule has 0 amide bonds. The molecule has 0 aromatic rings. The summed E-state index contributed by atoms with van der Waals surface area (Å²) < 4.78 is 17.2. The molecule has 0 saturated heterocycles. The van der Waals surface area contributed by atoms with Crippen LogP contribution in [0.3, 0.4) is 0 Å². The molecule has 8 heteroatoms. The second kappa shape index (κ2) is 43.7. The van der Waals surface area contributed by atoms with E-state index in [1.807, 2.05) is 21.1 Å². The fraction of sp³-hybridized carbons (Fsp3) is 0.904. The van der Waals surface area contributed by atoms with Crippen LogP contribution < -0.4 is 5.11 Å². The Morgan fingerprint density at radius 2 is 0.833 bits per heavy atom. The van der Waals surface area contributed by atoms with E-state index in [-0.39, 0.29) is 42.7 Å². The van der Waals surface area contributed by atoms with Gasteiger partial charge in [-0.3, -0.25) is 9.59 Å². The van der Waals surface area contributed by atoms with Gasteiger partial charge in [-0.25, -0.2) is 0 Å². The van der Waals surface area contributed by atoms with Crippen LogP contribution in [0, 0.1) is 0 Å². The van der Waals surface area contributed by atoms with Gasteiger partial charge in [0.2, 0.25) is 0 Å². The minimum atomic E-state index is -1.12. The summed E-state index contributed by atoms with van der Waals surface area (Å²) in [7, 11) is 5.42. The van der Waals surface area contributed by atoms with Crippen LogP contribution in [-0.4, -0.2) is 75.5 Å². The third kappa shape index (κ3) is 41.4. The van der Waals surface area contributed by atoms with Gasteiger partial charge in [0.1, 0.15) is 12.6 Å². The number of hydrogen-bond acceptors (Lipinski definition) is 7. The number of quaternary nitrogens is 1. The highest BCUT2D eigenvalue weighted by Gasteiger charge is 2.25. The number of carbonyl (C=O) groups excluding carboxylic acids is 3. The van der Waals surface area contributed by atoms with Crippen LogP contribution in [0.5, 0.6) is 0 Å². The van der Waals surface area contributed by atoms with E-state index in [1.165, 1.54) is 173 Å². The SMILES string of the molecule is CCCCCCCCCCC/C=C/CCCCCCCC(=O)OCC(COCCC(C(=O)[O-])[N+](C)(C)C)OC(=O)CCCCCCCCCCCCCCCCCCCC. The van der Waals surface area contributed by atoms with Crippen molar-refractivity contribution in [1.82, 2.24) is 0 Å². The molecule has 0 fully saturated rings. The average Bonchev–Trinajstić information content (AvgIpc) is 3.21.